The molecule has 3 rings (SSSR count). The van der Waals surface area contributed by atoms with Crippen molar-refractivity contribution in [3.8, 4) is 23.0 Å². The molecule has 0 bridgehead atoms. The third kappa shape index (κ3) is 3.10. The lowest BCUT2D eigenvalue weighted by molar-refractivity contribution is 0.299. The van der Waals surface area contributed by atoms with Gasteiger partial charge >= 0.3 is 6.01 Å². The Morgan fingerprint density at radius 3 is 2.52 bits per heavy atom. The van der Waals surface area contributed by atoms with Crippen LogP contribution >= 0.6 is 0 Å². The van der Waals surface area contributed by atoms with Crippen LogP contribution in [0.4, 0.5) is 0 Å². The first kappa shape index (κ1) is 15.2. The molecule has 2 aromatic carbocycles. The van der Waals surface area contributed by atoms with Crippen LogP contribution in [0.2, 0.25) is 0 Å². The molecule has 3 aromatic rings. The van der Waals surface area contributed by atoms with E-state index in [2.05, 4.69) is 34.2 Å². The number of hydrogen-bond acceptors (Lipinski definition) is 5. The van der Waals surface area contributed by atoms with E-state index in [1.54, 1.807) is 13.3 Å². The molecule has 23 heavy (non-hydrogen) atoms. The summed E-state index contributed by atoms with van der Waals surface area (Å²) in [6.45, 7) is 0.157. The third-order valence-electron chi connectivity index (χ3n) is 3.72. The van der Waals surface area contributed by atoms with E-state index in [-0.39, 0.29) is 12.6 Å². The molecule has 0 fully saturated rings. The van der Waals surface area contributed by atoms with Gasteiger partial charge in [0.2, 0.25) is 5.88 Å². The highest BCUT2D eigenvalue weighted by atomic mass is 16.5. The molecule has 0 atom stereocenters. The zero-order valence-electron chi connectivity index (χ0n) is 13.1. The predicted octanol–water partition coefficient (Wildman–Crippen LogP) is 2.85. The van der Waals surface area contributed by atoms with E-state index in [4.69, 9.17) is 14.6 Å². The second-order valence-electron chi connectivity index (χ2n) is 5.15. The predicted molar refractivity (Wildman–Crippen MR) is 88.9 cm³/mol. The molecule has 0 radical (unpaired) electrons. The molecule has 1 N–H and O–H groups in total. The van der Waals surface area contributed by atoms with Crippen molar-refractivity contribution in [2.24, 2.45) is 0 Å². The van der Waals surface area contributed by atoms with Gasteiger partial charge < -0.3 is 14.6 Å². The molecule has 0 aliphatic rings. The van der Waals surface area contributed by atoms with E-state index < -0.39 is 0 Å². The lowest BCUT2D eigenvalue weighted by Crippen LogP contribution is -1.97. The summed E-state index contributed by atoms with van der Waals surface area (Å²) in [6, 6.07) is 12.6. The molecule has 1 heterocycles. The number of methoxy groups -OCH3 is 2. The number of aromatic nitrogens is 2. The monoisotopic (exact) mass is 310 g/mol. The zero-order valence-corrected chi connectivity index (χ0v) is 13.1. The maximum Gasteiger partial charge on any atom is 0.319 e. The molecular weight excluding hydrogens is 292 g/mol. The summed E-state index contributed by atoms with van der Waals surface area (Å²) in [4.78, 5) is 8.38. The standard InChI is InChI=1S/C18H18N2O3/c1-22-17-16(11-19-18(20-17)23-2)15-6-5-13-9-12(7-8-21)3-4-14(13)10-15/h3-6,9-11,21H,7-8H2,1-2H3. The number of rotatable bonds is 5. The van der Waals surface area contributed by atoms with Gasteiger partial charge in [-0.3, -0.25) is 0 Å². The summed E-state index contributed by atoms with van der Waals surface area (Å²) in [5, 5.41) is 11.3. The average Bonchev–Trinajstić information content (AvgIpc) is 2.61. The van der Waals surface area contributed by atoms with E-state index in [1.807, 2.05) is 12.1 Å². The Balaban J connectivity index is 2.05. The van der Waals surface area contributed by atoms with Crippen molar-refractivity contribution in [2.45, 2.75) is 6.42 Å². The Kier molecular flexibility index (Phi) is 4.39. The summed E-state index contributed by atoms with van der Waals surface area (Å²) in [6.07, 6.45) is 2.36. The van der Waals surface area contributed by atoms with Crippen molar-refractivity contribution in [1.29, 1.82) is 0 Å². The topological polar surface area (TPSA) is 64.5 Å². The molecule has 5 heteroatoms. The number of aliphatic hydroxyl groups is 1. The van der Waals surface area contributed by atoms with Crippen LogP contribution in [0.25, 0.3) is 21.9 Å². The van der Waals surface area contributed by atoms with E-state index in [1.165, 1.54) is 7.11 Å². The molecule has 5 nitrogen and oxygen atoms in total. The van der Waals surface area contributed by atoms with Crippen LogP contribution in [0.1, 0.15) is 5.56 Å². The second-order valence-corrected chi connectivity index (χ2v) is 5.15. The SMILES string of the molecule is COc1ncc(-c2ccc3cc(CCO)ccc3c2)c(OC)n1. The summed E-state index contributed by atoms with van der Waals surface area (Å²) >= 11 is 0. The number of ether oxygens (including phenoxy) is 2. The number of hydrogen-bond donors (Lipinski definition) is 1. The minimum Gasteiger partial charge on any atom is -0.480 e. The first-order valence-electron chi connectivity index (χ1n) is 7.34. The summed E-state index contributed by atoms with van der Waals surface area (Å²) in [7, 11) is 3.10. The maximum atomic E-state index is 9.05. The number of benzene rings is 2. The van der Waals surface area contributed by atoms with E-state index in [0.717, 1.165) is 27.5 Å². The van der Waals surface area contributed by atoms with Crippen LogP contribution < -0.4 is 9.47 Å². The van der Waals surface area contributed by atoms with Crippen LogP contribution in [-0.4, -0.2) is 35.9 Å². The quantitative estimate of drug-likeness (QED) is 0.785. The highest BCUT2D eigenvalue weighted by Crippen LogP contribution is 2.31. The van der Waals surface area contributed by atoms with Crippen LogP contribution in [0.3, 0.4) is 0 Å². The largest absolute Gasteiger partial charge is 0.480 e. The summed E-state index contributed by atoms with van der Waals surface area (Å²) in [5.41, 5.74) is 2.92. The fraction of sp³-hybridized carbons (Fsp3) is 0.222. The summed E-state index contributed by atoms with van der Waals surface area (Å²) in [5.74, 6) is 0.480. The molecule has 118 valence electrons. The van der Waals surface area contributed by atoms with E-state index in [0.29, 0.717) is 12.3 Å². The Bertz CT molecular complexity index is 834. The Labute approximate surface area is 134 Å². The van der Waals surface area contributed by atoms with Gasteiger partial charge in [-0.1, -0.05) is 30.3 Å². The second kappa shape index (κ2) is 6.62. The molecule has 0 unspecified atom stereocenters. The molecule has 0 spiro atoms. The normalized spacial score (nSPS) is 10.7. The van der Waals surface area contributed by atoms with Gasteiger partial charge in [-0.15, -0.1) is 0 Å². The molecule has 0 aliphatic heterocycles. The van der Waals surface area contributed by atoms with Gasteiger partial charge in [0, 0.05) is 12.8 Å². The van der Waals surface area contributed by atoms with Gasteiger partial charge in [0.25, 0.3) is 0 Å². The van der Waals surface area contributed by atoms with Crippen molar-refractivity contribution < 1.29 is 14.6 Å². The van der Waals surface area contributed by atoms with Gasteiger partial charge in [0.05, 0.1) is 19.8 Å². The smallest absolute Gasteiger partial charge is 0.319 e. The number of aliphatic hydroxyl groups excluding tert-OH is 1. The van der Waals surface area contributed by atoms with Gasteiger partial charge in [-0.25, -0.2) is 4.98 Å². The van der Waals surface area contributed by atoms with Crippen LogP contribution in [0.15, 0.2) is 42.6 Å². The Morgan fingerprint density at radius 1 is 1.00 bits per heavy atom. The zero-order chi connectivity index (χ0) is 16.2. The first-order valence-corrected chi connectivity index (χ1v) is 7.34. The van der Waals surface area contributed by atoms with Crippen molar-refractivity contribution >= 4 is 10.8 Å². The van der Waals surface area contributed by atoms with Gasteiger partial charge in [-0.2, -0.15) is 4.98 Å². The molecule has 1 aromatic heterocycles. The maximum absolute atomic E-state index is 9.05. The highest BCUT2D eigenvalue weighted by molar-refractivity contribution is 5.88. The molecule has 0 saturated carbocycles. The van der Waals surface area contributed by atoms with Crippen LogP contribution in [0.5, 0.6) is 11.9 Å². The van der Waals surface area contributed by atoms with Gasteiger partial charge in [0.15, 0.2) is 0 Å². The highest BCUT2D eigenvalue weighted by Gasteiger charge is 2.11. The number of nitrogens with zero attached hydrogens (tertiary/aromatic N) is 2. The fourth-order valence-electron chi connectivity index (χ4n) is 2.55. The average molecular weight is 310 g/mol. The molecule has 0 saturated heterocycles. The minimum absolute atomic E-state index is 0.157. The van der Waals surface area contributed by atoms with Crippen LogP contribution in [0, 0.1) is 0 Å². The van der Waals surface area contributed by atoms with Crippen molar-refractivity contribution in [3.63, 3.8) is 0 Å². The summed E-state index contributed by atoms with van der Waals surface area (Å²) < 4.78 is 10.4. The van der Waals surface area contributed by atoms with Crippen molar-refractivity contribution in [3.05, 3.63) is 48.2 Å². The van der Waals surface area contributed by atoms with Crippen molar-refractivity contribution in [2.75, 3.05) is 20.8 Å². The van der Waals surface area contributed by atoms with Crippen molar-refractivity contribution in [1.82, 2.24) is 9.97 Å². The Morgan fingerprint density at radius 2 is 1.78 bits per heavy atom. The third-order valence-corrected chi connectivity index (χ3v) is 3.72. The molecule has 0 aliphatic carbocycles. The lowest BCUT2D eigenvalue weighted by Gasteiger charge is -2.10. The lowest BCUT2D eigenvalue weighted by atomic mass is 10.0. The number of fused-ring (bicyclic) bond motifs is 1. The van der Waals surface area contributed by atoms with E-state index >= 15 is 0 Å². The fourth-order valence-corrected chi connectivity index (χ4v) is 2.55. The molecule has 0 amide bonds. The van der Waals surface area contributed by atoms with Gasteiger partial charge in [0.1, 0.15) is 0 Å². The first-order chi connectivity index (χ1) is 11.2. The van der Waals surface area contributed by atoms with Gasteiger partial charge in [-0.05, 0) is 34.4 Å². The molecular formula is C18H18N2O3. The van der Waals surface area contributed by atoms with E-state index in [9.17, 15) is 0 Å². The van der Waals surface area contributed by atoms with Crippen LogP contribution in [-0.2, 0) is 6.42 Å². The Hall–Kier alpha value is -2.66. The minimum atomic E-state index is 0.157.